The van der Waals surface area contributed by atoms with Gasteiger partial charge in [0.2, 0.25) is 0 Å². The van der Waals surface area contributed by atoms with Crippen LogP contribution < -0.4 is 0 Å². The van der Waals surface area contributed by atoms with Crippen LogP contribution in [0.25, 0.3) is 16.7 Å². The van der Waals surface area contributed by atoms with Gasteiger partial charge in [0, 0.05) is 5.02 Å². The van der Waals surface area contributed by atoms with E-state index in [1.165, 1.54) is 0 Å². The van der Waals surface area contributed by atoms with Gasteiger partial charge in [0.1, 0.15) is 5.82 Å². The van der Waals surface area contributed by atoms with Gasteiger partial charge in [-0.15, -0.1) is 11.6 Å². The van der Waals surface area contributed by atoms with Gasteiger partial charge >= 0.3 is 0 Å². The molecular weight excluding hydrogens is 305 g/mol. The summed E-state index contributed by atoms with van der Waals surface area (Å²) in [6.07, 6.45) is 0. The minimum atomic E-state index is 0.280. The number of hydrogen-bond donors (Lipinski definition) is 0. The molecule has 21 heavy (non-hydrogen) atoms. The van der Waals surface area contributed by atoms with Gasteiger partial charge in [-0.25, -0.2) is 4.98 Å². The average molecular weight is 316 g/mol. The van der Waals surface area contributed by atoms with Crippen molar-refractivity contribution in [2.24, 2.45) is 0 Å². The summed E-state index contributed by atoms with van der Waals surface area (Å²) in [6, 6.07) is 13.3. The number of benzene rings is 2. The molecule has 3 aromatic rings. The Morgan fingerprint density at radius 1 is 1.29 bits per heavy atom. The minimum absolute atomic E-state index is 0.280. The normalized spacial score (nSPS) is 10.8. The zero-order chi connectivity index (χ0) is 15.0. The van der Waals surface area contributed by atoms with E-state index in [4.69, 9.17) is 28.5 Å². The third-order valence-electron chi connectivity index (χ3n) is 3.45. The van der Waals surface area contributed by atoms with Crippen LogP contribution in [0.1, 0.15) is 17.0 Å². The van der Waals surface area contributed by atoms with Gasteiger partial charge in [-0.1, -0.05) is 17.7 Å². The van der Waals surface area contributed by atoms with Gasteiger partial charge in [-0.3, -0.25) is 4.57 Å². The van der Waals surface area contributed by atoms with Crippen LogP contribution in [0.5, 0.6) is 0 Å². The van der Waals surface area contributed by atoms with E-state index in [2.05, 4.69) is 11.1 Å². The third kappa shape index (κ3) is 2.27. The summed E-state index contributed by atoms with van der Waals surface area (Å²) >= 11 is 12.3. The Labute approximate surface area is 132 Å². The summed E-state index contributed by atoms with van der Waals surface area (Å²) < 4.78 is 1.96. The molecule has 0 spiro atoms. The lowest BCUT2D eigenvalue weighted by Crippen LogP contribution is -2.02. The maximum absolute atomic E-state index is 9.09. The monoisotopic (exact) mass is 315 g/mol. The number of fused-ring (bicyclic) bond motifs is 1. The highest BCUT2D eigenvalue weighted by Gasteiger charge is 2.14. The highest BCUT2D eigenvalue weighted by atomic mass is 35.5. The molecule has 0 aliphatic carbocycles. The molecule has 2 aromatic carbocycles. The fraction of sp³-hybridized carbons (Fsp3) is 0.125. The number of rotatable bonds is 2. The first-order chi connectivity index (χ1) is 10.2. The standard InChI is InChI=1S/C16H11Cl2N3/c1-10-12(18)3-2-4-14(10)21-15-7-11(9-19)5-6-13(15)20-16(21)8-17/h2-7H,8H2,1H3. The third-order valence-corrected chi connectivity index (χ3v) is 4.10. The molecule has 1 heterocycles. The Morgan fingerprint density at radius 3 is 2.81 bits per heavy atom. The molecule has 0 unspecified atom stereocenters. The van der Waals surface area contributed by atoms with Crippen LogP contribution in [0.2, 0.25) is 5.02 Å². The zero-order valence-electron chi connectivity index (χ0n) is 11.3. The molecule has 0 saturated carbocycles. The summed E-state index contributed by atoms with van der Waals surface area (Å²) in [7, 11) is 0. The lowest BCUT2D eigenvalue weighted by Gasteiger charge is -2.12. The Morgan fingerprint density at radius 2 is 2.10 bits per heavy atom. The van der Waals surface area contributed by atoms with Gasteiger partial charge in [-0.2, -0.15) is 5.26 Å². The van der Waals surface area contributed by atoms with Crippen LogP contribution in [0, 0.1) is 18.3 Å². The first-order valence-electron chi connectivity index (χ1n) is 6.38. The second-order valence-corrected chi connectivity index (χ2v) is 5.37. The van der Waals surface area contributed by atoms with Crippen molar-refractivity contribution in [3.8, 4) is 11.8 Å². The van der Waals surface area contributed by atoms with E-state index in [0.29, 0.717) is 10.6 Å². The van der Waals surface area contributed by atoms with Crippen LogP contribution in [0.15, 0.2) is 36.4 Å². The quantitative estimate of drug-likeness (QED) is 0.648. The van der Waals surface area contributed by atoms with Crippen molar-refractivity contribution in [3.63, 3.8) is 0 Å². The summed E-state index contributed by atoms with van der Waals surface area (Å²) in [5, 5.41) is 9.78. The van der Waals surface area contributed by atoms with Gasteiger partial charge in [-0.05, 0) is 42.8 Å². The van der Waals surface area contributed by atoms with Gasteiger partial charge in [0.15, 0.2) is 0 Å². The van der Waals surface area contributed by atoms with Gasteiger partial charge < -0.3 is 0 Å². The number of halogens is 2. The highest BCUT2D eigenvalue weighted by Crippen LogP contribution is 2.28. The summed E-state index contributed by atoms with van der Waals surface area (Å²) in [5.41, 5.74) is 4.13. The number of nitrogens with zero attached hydrogens (tertiary/aromatic N) is 3. The largest absolute Gasteiger partial charge is 0.295 e. The molecule has 0 aliphatic heterocycles. The van der Waals surface area contributed by atoms with Crippen molar-refractivity contribution in [1.29, 1.82) is 5.26 Å². The Hall–Kier alpha value is -2.02. The van der Waals surface area contributed by atoms with Crippen molar-refractivity contribution >= 4 is 34.2 Å². The molecule has 0 N–H and O–H groups in total. The van der Waals surface area contributed by atoms with E-state index in [1.54, 1.807) is 6.07 Å². The number of hydrogen-bond acceptors (Lipinski definition) is 2. The molecule has 0 aliphatic rings. The molecule has 0 radical (unpaired) electrons. The smallest absolute Gasteiger partial charge is 0.129 e. The van der Waals surface area contributed by atoms with E-state index in [9.17, 15) is 0 Å². The van der Waals surface area contributed by atoms with Crippen molar-refractivity contribution in [2.75, 3.05) is 0 Å². The van der Waals surface area contributed by atoms with E-state index in [0.717, 1.165) is 28.1 Å². The van der Waals surface area contributed by atoms with Crippen molar-refractivity contribution in [2.45, 2.75) is 12.8 Å². The van der Waals surface area contributed by atoms with Crippen molar-refractivity contribution in [1.82, 2.24) is 9.55 Å². The van der Waals surface area contributed by atoms with E-state index in [-0.39, 0.29) is 5.88 Å². The predicted molar refractivity (Wildman–Crippen MR) is 85.1 cm³/mol. The molecule has 3 rings (SSSR count). The Kier molecular flexibility index (Phi) is 3.59. The molecule has 0 fully saturated rings. The van der Waals surface area contributed by atoms with Crippen LogP contribution in [-0.2, 0) is 5.88 Å². The van der Waals surface area contributed by atoms with E-state index in [1.807, 2.05) is 41.8 Å². The molecule has 3 nitrogen and oxygen atoms in total. The topological polar surface area (TPSA) is 41.6 Å². The SMILES string of the molecule is Cc1c(Cl)cccc1-n1c(CCl)nc2ccc(C#N)cc21. The summed E-state index contributed by atoms with van der Waals surface area (Å²) in [4.78, 5) is 4.53. The predicted octanol–water partition coefficient (Wildman–Crippen LogP) is 4.60. The molecule has 0 amide bonds. The number of nitriles is 1. The van der Waals surface area contributed by atoms with Crippen molar-refractivity contribution in [3.05, 3.63) is 58.4 Å². The minimum Gasteiger partial charge on any atom is -0.295 e. The lowest BCUT2D eigenvalue weighted by molar-refractivity contribution is 0.972. The van der Waals surface area contributed by atoms with E-state index < -0.39 is 0 Å². The molecule has 1 aromatic heterocycles. The number of alkyl halides is 1. The summed E-state index contributed by atoms with van der Waals surface area (Å²) in [6.45, 7) is 1.95. The second kappa shape index (κ2) is 5.40. The second-order valence-electron chi connectivity index (χ2n) is 4.70. The Balaban J connectivity index is 2.39. The number of imidazole rings is 1. The molecular formula is C16H11Cl2N3. The van der Waals surface area contributed by atoms with Gasteiger partial charge in [0.05, 0.1) is 34.2 Å². The zero-order valence-corrected chi connectivity index (χ0v) is 12.8. The summed E-state index contributed by atoms with van der Waals surface area (Å²) in [5.74, 6) is 1.01. The molecule has 5 heteroatoms. The Bertz CT molecular complexity index is 875. The van der Waals surface area contributed by atoms with Gasteiger partial charge in [0.25, 0.3) is 0 Å². The number of aromatic nitrogens is 2. The average Bonchev–Trinajstić information content (AvgIpc) is 2.87. The first-order valence-corrected chi connectivity index (χ1v) is 7.30. The molecule has 104 valence electrons. The fourth-order valence-electron chi connectivity index (χ4n) is 2.39. The molecule has 0 atom stereocenters. The van der Waals surface area contributed by atoms with Crippen molar-refractivity contribution < 1.29 is 0 Å². The van der Waals surface area contributed by atoms with Crippen LogP contribution in [-0.4, -0.2) is 9.55 Å². The maximum Gasteiger partial charge on any atom is 0.129 e. The highest BCUT2D eigenvalue weighted by molar-refractivity contribution is 6.31. The van der Waals surface area contributed by atoms with Crippen LogP contribution in [0.3, 0.4) is 0 Å². The maximum atomic E-state index is 9.09. The van der Waals surface area contributed by atoms with E-state index >= 15 is 0 Å². The van der Waals surface area contributed by atoms with Crippen LogP contribution >= 0.6 is 23.2 Å². The molecule has 0 bridgehead atoms. The van der Waals surface area contributed by atoms with Crippen LogP contribution in [0.4, 0.5) is 0 Å². The first kappa shape index (κ1) is 13.9. The molecule has 0 saturated heterocycles. The lowest BCUT2D eigenvalue weighted by atomic mass is 10.1. The fourth-order valence-corrected chi connectivity index (χ4v) is 2.74.